The molecule has 1 atom stereocenters. The molecule has 0 aliphatic carbocycles. The van der Waals surface area contributed by atoms with E-state index < -0.39 is 0 Å². The molecule has 1 aliphatic rings. The lowest BCUT2D eigenvalue weighted by atomic mass is 10.2. The summed E-state index contributed by atoms with van der Waals surface area (Å²) in [7, 11) is 0. The zero-order valence-corrected chi connectivity index (χ0v) is 10.5. The molecule has 0 bridgehead atoms. The first kappa shape index (κ1) is 12.3. The van der Waals surface area contributed by atoms with Crippen LogP contribution in [0, 0.1) is 0 Å². The van der Waals surface area contributed by atoms with E-state index in [1.165, 1.54) is 11.8 Å². The molecule has 1 N–H and O–H groups in total. The zero-order chi connectivity index (χ0) is 12.1. The fraction of sp³-hybridized carbons (Fsp3) is 0.545. The van der Waals surface area contributed by atoms with Crippen LogP contribution in [0.2, 0.25) is 0 Å². The van der Waals surface area contributed by atoms with Gasteiger partial charge in [-0.25, -0.2) is 9.97 Å². The van der Waals surface area contributed by atoms with E-state index in [4.69, 9.17) is 4.74 Å². The van der Waals surface area contributed by atoms with Gasteiger partial charge < -0.3 is 10.1 Å². The van der Waals surface area contributed by atoms with Crippen LogP contribution in [-0.2, 0) is 4.74 Å². The van der Waals surface area contributed by atoms with Crippen molar-refractivity contribution in [3.8, 4) is 0 Å². The molecule has 6 heteroatoms. The van der Waals surface area contributed by atoms with Gasteiger partial charge in [0.05, 0.1) is 11.7 Å². The molecule has 2 heterocycles. The Morgan fingerprint density at radius 2 is 2.35 bits per heavy atom. The number of rotatable bonds is 4. The van der Waals surface area contributed by atoms with Crippen molar-refractivity contribution in [3.63, 3.8) is 0 Å². The second-order valence-electron chi connectivity index (χ2n) is 3.80. The molecule has 1 aliphatic heterocycles. The van der Waals surface area contributed by atoms with E-state index >= 15 is 0 Å². The Kier molecular flexibility index (Phi) is 4.33. The monoisotopic (exact) mass is 253 g/mol. The molecule has 0 aromatic carbocycles. The number of nitrogens with zero attached hydrogens (tertiary/aromatic N) is 2. The number of amides is 1. The van der Waals surface area contributed by atoms with Crippen molar-refractivity contribution in [1.29, 1.82) is 0 Å². The van der Waals surface area contributed by atoms with Crippen molar-refractivity contribution in [2.24, 2.45) is 0 Å². The summed E-state index contributed by atoms with van der Waals surface area (Å²) in [4.78, 5) is 19.9. The maximum atomic E-state index is 11.7. The minimum absolute atomic E-state index is 0.145. The van der Waals surface area contributed by atoms with Crippen LogP contribution in [0.1, 0.15) is 23.2 Å². The van der Waals surface area contributed by atoms with Gasteiger partial charge in [0, 0.05) is 25.5 Å². The fourth-order valence-corrected chi connectivity index (χ4v) is 1.97. The molecule has 92 valence electrons. The molecule has 5 nitrogen and oxygen atoms in total. The minimum atomic E-state index is -0.145. The number of carbonyl (C=O) groups excluding carboxylic acids is 1. The van der Waals surface area contributed by atoms with Crippen LogP contribution in [0.5, 0.6) is 0 Å². The van der Waals surface area contributed by atoms with E-state index in [-0.39, 0.29) is 12.0 Å². The fourth-order valence-electron chi connectivity index (χ4n) is 1.65. The highest BCUT2D eigenvalue weighted by Crippen LogP contribution is 2.11. The average molecular weight is 253 g/mol. The molecule has 1 aromatic rings. The highest BCUT2D eigenvalue weighted by Gasteiger charge is 2.16. The third kappa shape index (κ3) is 3.41. The predicted molar refractivity (Wildman–Crippen MR) is 65.1 cm³/mol. The summed E-state index contributed by atoms with van der Waals surface area (Å²) in [6, 6.07) is 0. The molecule has 0 saturated carbocycles. The van der Waals surface area contributed by atoms with Gasteiger partial charge in [-0.2, -0.15) is 0 Å². The quantitative estimate of drug-likeness (QED) is 0.643. The molecule has 2 rings (SSSR count). The molecule has 0 spiro atoms. The smallest absolute Gasteiger partial charge is 0.254 e. The largest absolute Gasteiger partial charge is 0.376 e. The Balaban J connectivity index is 1.85. The number of hydrogen-bond acceptors (Lipinski definition) is 5. The highest BCUT2D eigenvalue weighted by molar-refractivity contribution is 7.98. The topological polar surface area (TPSA) is 64.1 Å². The lowest BCUT2D eigenvalue weighted by Crippen LogP contribution is -2.31. The first-order chi connectivity index (χ1) is 8.29. The van der Waals surface area contributed by atoms with Crippen LogP contribution >= 0.6 is 11.8 Å². The molecule has 17 heavy (non-hydrogen) atoms. The van der Waals surface area contributed by atoms with E-state index in [0.29, 0.717) is 17.3 Å². The summed E-state index contributed by atoms with van der Waals surface area (Å²) in [5.41, 5.74) is 0.487. The second-order valence-corrected chi connectivity index (χ2v) is 4.58. The van der Waals surface area contributed by atoms with E-state index in [0.717, 1.165) is 19.4 Å². The molecule has 1 aromatic heterocycles. The molecular formula is C11H15N3O2S. The van der Waals surface area contributed by atoms with Gasteiger partial charge in [0.15, 0.2) is 5.16 Å². The van der Waals surface area contributed by atoms with Gasteiger partial charge in [0.2, 0.25) is 0 Å². The number of thioether (sulfide) groups is 1. The SMILES string of the molecule is CSc1ncc(C(=O)NC[C@@H]2CCCO2)cn1. The van der Waals surface area contributed by atoms with Crippen molar-refractivity contribution in [1.82, 2.24) is 15.3 Å². The van der Waals surface area contributed by atoms with E-state index in [2.05, 4.69) is 15.3 Å². The van der Waals surface area contributed by atoms with E-state index in [1.807, 2.05) is 6.26 Å². The van der Waals surface area contributed by atoms with Crippen LogP contribution in [0.3, 0.4) is 0 Å². The Morgan fingerprint density at radius 3 is 2.94 bits per heavy atom. The third-order valence-electron chi connectivity index (χ3n) is 2.59. The van der Waals surface area contributed by atoms with Gasteiger partial charge in [-0.05, 0) is 19.1 Å². The van der Waals surface area contributed by atoms with Crippen LogP contribution in [0.25, 0.3) is 0 Å². The first-order valence-corrected chi connectivity index (χ1v) is 6.78. The van der Waals surface area contributed by atoms with Gasteiger partial charge in [-0.3, -0.25) is 4.79 Å². The van der Waals surface area contributed by atoms with Crippen molar-refractivity contribution < 1.29 is 9.53 Å². The van der Waals surface area contributed by atoms with Crippen molar-refractivity contribution in [2.75, 3.05) is 19.4 Å². The number of hydrogen-bond donors (Lipinski definition) is 1. The Hall–Kier alpha value is -1.14. The van der Waals surface area contributed by atoms with Gasteiger partial charge in [-0.15, -0.1) is 0 Å². The molecule has 1 fully saturated rings. The summed E-state index contributed by atoms with van der Waals surface area (Å²) < 4.78 is 5.43. The number of nitrogens with one attached hydrogen (secondary N) is 1. The standard InChI is InChI=1S/C11H15N3O2S/c1-17-11-13-5-8(6-14-11)10(15)12-7-9-3-2-4-16-9/h5-6,9H,2-4,7H2,1H3,(H,12,15)/t9-/m0/s1. The van der Waals surface area contributed by atoms with Crippen molar-refractivity contribution >= 4 is 17.7 Å². The lowest BCUT2D eigenvalue weighted by molar-refractivity contribution is 0.0857. The van der Waals surface area contributed by atoms with E-state index in [1.54, 1.807) is 12.4 Å². The highest BCUT2D eigenvalue weighted by atomic mass is 32.2. The first-order valence-electron chi connectivity index (χ1n) is 5.55. The molecule has 1 saturated heterocycles. The van der Waals surface area contributed by atoms with Crippen LogP contribution in [0.15, 0.2) is 17.6 Å². The van der Waals surface area contributed by atoms with Crippen molar-refractivity contribution in [2.45, 2.75) is 24.1 Å². The number of ether oxygens (including phenoxy) is 1. The van der Waals surface area contributed by atoms with Gasteiger partial charge in [-0.1, -0.05) is 11.8 Å². The van der Waals surface area contributed by atoms with Crippen molar-refractivity contribution in [3.05, 3.63) is 18.0 Å². The molecule has 0 unspecified atom stereocenters. The van der Waals surface area contributed by atoms with Gasteiger partial charge in [0.25, 0.3) is 5.91 Å². The summed E-state index contributed by atoms with van der Waals surface area (Å²) >= 11 is 1.45. The second kappa shape index (κ2) is 5.97. The summed E-state index contributed by atoms with van der Waals surface area (Å²) in [5.74, 6) is -0.145. The molecular weight excluding hydrogens is 238 g/mol. The molecule has 1 amide bonds. The number of aromatic nitrogens is 2. The number of carbonyl (C=O) groups is 1. The lowest BCUT2D eigenvalue weighted by Gasteiger charge is -2.10. The normalized spacial score (nSPS) is 19.2. The Labute approximate surface area is 104 Å². The maximum absolute atomic E-state index is 11.7. The Morgan fingerprint density at radius 1 is 1.59 bits per heavy atom. The Bertz CT molecular complexity index is 377. The summed E-state index contributed by atoms with van der Waals surface area (Å²) in [6.45, 7) is 1.36. The van der Waals surface area contributed by atoms with Crippen LogP contribution < -0.4 is 5.32 Å². The summed E-state index contributed by atoms with van der Waals surface area (Å²) in [6.07, 6.45) is 7.24. The maximum Gasteiger partial charge on any atom is 0.254 e. The molecule has 0 radical (unpaired) electrons. The minimum Gasteiger partial charge on any atom is -0.376 e. The predicted octanol–water partition coefficient (Wildman–Crippen LogP) is 1.11. The zero-order valence-electron chi connectivity index (χ0n) is 9.68. The average Bonchev–Trinajstić information content (AvgIpc) is 2.89. The third-order valence-corrected chi connectivity index (χ3v) is 3.16. The van der Waals surface area contributed by atoms with Gasteiger partial charge >= 0.3 is 0 Å². The van der Waals surface area contributed by atoms with Gasteiger partial charge in [0.1, 0.15) is 0 Å². The van der Waals surface area contributed by atoms with Crippen LogP contribution in [0.4, 0.5) is 0 Å². The van der Waals surface area contributed by atoms with E-state index in [9.17, 15) is 4.79 Å². The summed E-state index contributed by atoms with van der Waals surface area (Å²) in [5, 5.41) is 3.49. The van der Waals surface area contributed by atoms with Crippen LogP contribution in [-0.4, -0.2) is 41.4 Å².